The number of carbonyl (C=O) groups excluding carboxylic acids is 1. The van der Waals surface area contributed by atoms with Crippen molar-refractivity contribution in [3.63, 3.8) is 0 Å². The molecule has 8 heteroatoms. The van der Waals surface area contributed by atoms with Crippen LogP contribution in [0.3, 0.4) is 0 Å². The van der Waals surface area contributed by atoms with Crippen LogP contribution in [0.15, 0.2) is 47.8 Å². The van der Waals surface area contributed by atoms with Crippen molar-refractivity contribution in [2.45, 2.75) is 18.0 Å². The number of halogens is 2. The van der Waals surface area contributed by atoms with Gasteiger partial charge < -0.3 is 5.32 Å². The number of pyridine rings is 1. The predicted molar refractivity (Wildman–Crippen MR) is 102 cm³/mol. The molecular formula is C17H16Cl2N4OS. The summed E-state index contributed by atoms with van der Waals surface area (Å²) < 4.78 is 1.69. The van der Waals surface area contributed by atoms with Crippen LogP contribution in [-0.4, -0.2) is 32.8 Å². The Morgan fingerprint density at radius 2 is 2.04 bits per heavy atom. The minimum Gasteiger partial charge on any atom is -0.355 e. The van der Waals surface area contributed by atoms with Crippen molar-refractivity contribution < 1.29 is 4.79 Å². The summed E-state index contributed by atoms with van der Waals surface area (Å²) in [6, 6.07) is 11.7. The maximum atomic E-state index is 12.1. The van der Waals surface area contributed by atoms with Gasteiger partial charge in [0.15, 0.2) is 10.8 Å². The molecule has 2 heterocycles. The second kappa shape index (κ2) is 8.08. The van der Waals surface area contributed by atoms with Gasteiger partial charge in [-0.2, -0.15) is 0 Å². The molecule has 0 radical (unpaired) electrons. The third-order valence-corrected chi connectivity index (χ3v) is 5.13. The van der Waals surface area contributed by atoms with Crippen LogP contribution in [0.5, 0.6) is 0 Å². The van der Waals surface area contributed by atoms with E-state index in [9.17, 15) is 4.79 Å². The van der Waals surface area contributed by atoms with Crippen LogP contribution in [0.25, 0.3) is 5.65 Å². The SMILES string of the molecule is C[C@@H](CNC(=O)CSc1nnc2c(Cl)cc(Cl)cn12)c1ccccc1. The van der Waals surface area contributed by atoms with Crippen molar-refractivity contribution in [2.75, 3.05) is 12.3 Å². The Labute approximate surface area is 159 Å². The third kappa shape index (κ3) is 4.45. The lowest BCUT2D eigenvalue weighted by molar-refractivity contribution is -0.118. The Morgan fingerprint density at radius 1 is 1.28 bits per heavy atom. The molecule has 0 aliphatic rings. The highest BCUT2D eigenvalue weighted by atomic mass is 35.5. The van der Waals surface area contributed by atoms with E-state index in [-0.39, 0.29) is 17.6 Å². The third-order valence-electron chi connectivity index (χ3n) is 3.70. The molecule has 0 saturated carbocycles. The van der Waals surface area contributed by atoms with Crippen LogP contribution in [0, 0.1) is 0 Å². The zero-order valence-corrected chi connectivity index (χ0v) is 15.8. The van der Waals surface area contributed by atoms with Crippen LogP contribution in [-0.2, 0) is 4.79 Å². The number of benzene rings is 1. The normalized spacial score (nSPS) is 12.3. The zero-order valence-electron chi connectivity index (χ0n) is 13.4. The molecule has 130 valence electrons. The molecule has 1 atom stereocenters. The first-order valence-electron chi connectivity index (χ1n) is 7.69. The molecule has 1 N–H and O–H groups in total. The van der Waals surface area contributed by atoms with E-state index in [0.29, 0.717) is 27.4 Å². The Bertz CT molecular complexity index is 885. The van der Waals surface area contributed by atoms with E-state index in [4.69, 9.17) is 23.2 Å². The van der Waals surface area contributed by atoms with Crippen molar-refractivity contribution >= 4 is 46.5 Å². The van der Waals surface area contributed by atoms with Gasteiger partial charge in [-0.3, -0.25) is 9.20 Å². The smallest absolute Gasteiger partial charge is 0.230 e. The first-order valence-corrected chi connectivity index (χ1v) is 9.43. The number of fused-ring (bicyclic) bond motifs is 1. The number of amides is 1. The van der Waals surface area contributed by atoms with Crippen molar-refractivity contribution in [3.8, 4) is 0 Å². The largest absolute Gasteiger partial charge is 0.355 e. The molecule has 0 saturated heterocycles. The highest BCUT2D eigenvalue weighted by molar-refractivity contribution is 7.99. The van der Waals surface area contributed by atoms with E-state index in [0.717, 1.165) is 0 Å². The molecule has 0 spiro atoms. The van der Waals surface area contributed by atoms with Gasteiger partial charge in [0.25, 0.3) is 0 Å². The fourth-order valence-corrected chi connectivity index (χ4v) is 3.60. The predicted octanol–water partition coefficient (Wildman–Crippen LogP) is 4.05. The van der Waals surface area contributed by atoms with Crippen LogP contribution in [0.4, 0.5) is 0 Å². The number of hydrogen-bond acceptors (Lipinski definition) is 4. The number of nitrogens with zero attached hydrogens (tertiary/aromatic N) is 3. The van der Waals surface area contributed by atoms with E-state index in [1.54, 1.807) is 16.7 Å². The first-order chi connectivity index (χ1) is 12.0. The summed E-state index contributed by atoms with van der Waals surface area (Å²) in [7, 11) is 0. The highest BCUT2D eigenvalue weighted by Crippen LogP contribution is 2.25. The van der Waals surface area contributed by atoms with Crippen molar-refractivity contribution in [2.24, 2.45) is 0 Å². The Hall–Kier alpha value is -1.76. The molecule has 0 bridgehead atoms. The van der Waals surface area contributed by atoms with Gasteiger partial charge in [0.05, 0.1) is 15.8 Å². The Morgan fingerprint density at radius 3 is 2.80 bits per heavy atom. The quantitative estimate of drug-likeness (QED) is 0.640. The van der Waals surface area contributed by atoms with Crippen LogP contribution in [0.1, 0.15) is 18.4 Å². The molecule has 3 aromatic rings. The molecule has 2 aromatic heterocycles. The minimum atomic E-state index is -0.0577. The van der Waals surface area contributed by atoms with Crippen molar-refractivity contribution in [3.05, 3.63) is 58.2 Å². The maximum absolute atomic E-state index is 12.1. The molecule has 25 heavy (non-hydrogen) atoms. The lowest BCUT2D eigenvalue weighted by Crippen LogP contribution is -2.29. The molecule has 1 amide bonds. The highest BCUT2D eigenvalue weighted by Gasteiger charge is 2.13. The summed E-state index contributed by atoms with van der Waals surface area (Å²) in [5, 5.41) is 12.5. The number of thioether (sulfide) groups is 1. The summed E-state index contributed by atoms with van der Waals surface area (Å²) in [6.07, 6.45) is 1.68. The van der Waals surface area contributed by atoms with Crippen LogP contribution >= 0.6 is 35.0 Å². The summed E-state index contributed by atoms with van der Waals surface area (Å²) in [5.74, 6) is 0.436. The van der Waals surface area contributed by atoms with Gasteiger partial charge in [0, 0.05) is 12.7 Å². The second-order valence-corrected chi connectivity index (χ2v) is 7.37. The van der Waals surface area contributed by atoms with Crippen LogP contribution in [0.2, 0.25) is 10.0 Å². The number of nitrogens with one attached hydrogen (secondary N) is 1. The molecule has 5 nitrogen and oxygen atoms in total. The van der Waals surface area contributed by atoms with Gasteiger partial charge in [-0.25, -0.2) is 0 Å². The molecule has 0 aliphatic heterocycles. The fraction of sp³-hybridized carbons (Fsp3) is 0.235. The van der Waals surface area contributed by atoms with E-state index >= 15 is 0 Å². The maximum Gasteiger partial charge on any atom is 0.230 e. The minimum absolute atomic E-state index is 0.0577. The van der Waals surface area contributed by atoms with Gasteiger partial charge in [0.2, 0.25) is 5.91 Å². The van der Waals surface area contributed by atoms with Crippen LogP contribution < -0.4 is 5.32 Å². The number of carbonyl (C=O) groups is 1. The van der Waals surface area contributed by atoms with E-state index < -0.39 is 0 Å². The van der Waals surface area contributed by atoms with E-state index in [1.165, 1.54) is 17.3 Å². The monoisotopic (exact) mass is 394 g/mol. The van der Waals surface area contributed by atoms with Crippen molar-refractivity contribution in [1.82, 2.24) is 19.9 Å². The van der Waals surface area contributed by atoms with Gasteiger partial charge in [0.1, 0.15) is 0 Å². The topological polar surface area (TPSA) is 59.3 Å². The molecule has 3 rings (SSSR count). The summed E-state index contributed by atoms with van der Waals surface area (Å²) in [5.41, 5.74) is 1.72. The summed E-state index contributed by atoms with van der Waals surface area (Å²) in [6.45, 7) is 2.67. The van der Waals surface area contributed by atoms with Crippen molar-refractivity contribution in [1.29, 1.82) is 0 Å². The average molecular weight is 395 g/mol. The summed E-state index contributed by atoms with van der Waals surface area (Å²) >= 11 is 13.4. The fourth-order valence-electron chi connectivity index (χ4n) is 2.35. The Kier molecular flexibility index (Phi) is 5.83. The molecule has 1 aromatic carbocycles. The molecule has 0 unspecified atom stereocenters. The molecular weight excluding hydrogens is 379 g/mol. The second-order valence-electron chi connectivity index (χ2n) is 5.59. The number of hydrogen-bond donors (Lipinski definition) is 1. The lowest BCUT2D eigenvalue weighted by atomic mass is 10.0. The van der Waals surface area contributed by atoms with Gasteiger partial charge >= 0.3 is 0 Å². The average Bonchev–Trinajstić information content (AvgIpc) is 3.01. The standard InChI is InChI=1S/C17H16Cl2N4OS/c1-11(12-5-3-2-4-6-12)8-20-15(24)10-25-17-22-21-16-14(19)7-13(18)9-23(16)17/h2-7,9,11H,8,10H2,1H3,(H,20,24)/t11-/m0/s1. The summed E-state index contributed by atoms with van der Waals surface area (Å²) in [4.78, 5) is 12.1. The van der Waals surface area contributed by atoms with E-state index in [2.05, 4.69) is 34.6 Å². The number of rotatable bonds is 6. The molecule has 0 fully saturated rings. The zero-order chi connectivity index (χ0) is 17.8. The lowest BCUT2D eigenvalue weighted by Gasteiger charge is -2.12. The Balaban J connectivity index is 1.56. The number of aromatic nitrogens is 3. The molecule has 0 aliphatic carbocycles. The van der Waals surface area contributed by atoms with Gasteiger partial charge in [-0.15, -0.1) is 10.2 Å². The van der Waals surface area contributed by atoms with E-state index in [1.807, 2.05) is 18.2 Å². The van der Waals surface area contributed by atoms with Gasteiger partial charge in [-0.05, 0) is 17.5 Å². The van der Waals surface area contributed by atoms with Gasteiger partial charge in [-0.1, -0.05) is 72.2 Å². The first kappa shape index (κ1) is 18.0.